The molecule has 2 aromatic rings. The fraction of sp³-hybridized carbons (Fsp3) is 0.529. The van der Waals surface area contributed by atoms with Crippen molar-refractivity contribution in [2.45, 2.75) is 39.2 Å². The zero-order valence-electron chi connectivity index (χ0n) is 13.0. The van der Waals surface area contributed by atoms with Crippen LogP contribution >= 0.6 is 0 Å². The molecule has 0 atom stereocenters. The van der Waals surface area contributed by atoms with Crippen LogP contribution in [0.4, 0.5) is 4.39 Å². The maximum absolute atomic E-state index is 14.0. The minimum atomic E-state index is -0.327. The first-order chi connectivity index (χ1) is 10.7. The molecule has 2 aromatic heterocycles. The minimum Gasteiger partial charge on any atom is -0.305 e. The van der Waals surface area contributed by atoms with Crippen molar-refractivity contribution < 1.29 is 4.39 Å². The van der Waals surface area contributed by atoms with Gasteiger partial charge in [-0.1, -0.05) is 13.3 Å². The Morgan fingerprint density at radius 3 is 2.68 bits per heavy atom. The summed E-state index contributed by atoms with van der Waals surface area (Å²) < 4.78 is 15.7. The molecule has 0 saturated carbocycles. The lowest BCUT2D eigenvalue weighted by Crippen LogP contribution is -2.34. The molecule has 22 heavy (non-hydrogen) atoms. The third-order valence-corrected chi connectivity index (χ3v) is 4.50. The summed E-state index contributed by atoms with van der Waals surface area (Å²) in [7, 11) is 0. The van der Waals surface area contributed by atoms with E-state index in [9.17, 15) is 9.18 Å². The van der Waals surface area contributed by atoms with Crippen LogP contribution < -0.4 is 5.56 Å². The number of aromatic nitrogens is 2. The highest BCUT2D eigenvalue weighted by atomic mass is 19.1. The van der Waals surface area contributed by atoms with Crippen LogP contribution in [-0.2, 0) is 13.0 Å². The monoisotopic (exact) mass is 303 g/mol. The molecule has 0 amide bonds. The van der Waals surface area contributed by atoms with E-state index in [0.29, 0.717) is 29.6 Å². The lowest BCUT2D eigenvalue weighted by atomic mass is 10.1. The molecule has 1 aliphatic heterocycles. The molecule has 1 fully saturated rings. The highest BCUT2D eigenvalue weighted by molar-refractivity contribution is 5.78. The predicted molar refractivity (Wildman–Crippen MR) is 85.6 cm³/mol. The Balaban J connectivity index is 1.98. The van der Waals surface area contributed by atoms with E-state index in [-0.39, 0.29) is 11.4 Å². The Kier molecular flexibility index (Phi) is 4.52. The molecule has 0 spiro atoms. The number of pyridine rings is 2. The van der Waals surface area contributed by atoms with Crippen molar-refractivity contribution in [3.63, 3.8) is 0 Å². The van der Waals surface area contributed by atoms with Gasteiger partial charge in [0.15, 0.2) is 0 Å². The van der Waals surface area contributed by atoms with Gasteiger partial charge in [-0.25, -0.2) is 4.39 Å². The summed E-state index contributed by atoms with van der Waals surface area (Å²) in [4.78, 5) is 18.8. The first-order valence-electron chi connectivity index (χ1n) is 8.10. The van der Waals surface area contributed by atoms with E-state index in [0.717, 1.165) is 19.6 Å². The van der Waals surface area contributed by atoms with Gasteiger partial charge in [0.25, 0.3) is 5.56 Å². The lowest BCUT2D eigenvalue weighted by Gasteiger charge is -2.27. The second-order valence-electron chi connectivity index (χ2n) is 5.90. The van der Waals surface area contributed by atoms with E-state index in [1.165, 1.54) is 31.5 Å². The van der Waals surface area contributed by atoms with Crippen molar-refractivity contribution in [1.82, 2.24) is 14.5 Å². The summed E-state index contributed by atoms with van der Waals surface area (Å²) in [5.74, 6) is -0.327. The van der Waals surface area contributed by atoms with Crippen molar-refractivity contribution in [2.24, 2.45) is 0 Å². The summed E-state index contributed by atoms with van der Waals surface area (Å²) in [5, 5.41) is 0. The average molecular weight is 303 g/mol. The van der Waals surface area contributed by atoms with E-state index in [1.54, 1.807) is 10.6 Å². The number of halogens is 1. The molecular formula is C17H22FN3O. The van der Waals surface area contributed by atoms with Crippen LogP contribution in [0.25, 0.3) is 11.0 Å². The van der Waals surface area contributed by atoms with Crippen molar-refractivity contribution in [3.05, 3.63) is 40.1 Å². The zero-order chi connectivity index (χ0) is 15.5. The molecule has 1 aliphatic rings. The number of rotatable bonds is 4. The van der Waals surface area contributed by atoms with Crippen molar-refractivity contribution in [1.29, 1.82) is 0 Å². The summed E-state index contributed by atoms with van der Waals surface area (Å²) in [6, 6.07) is 3.22. The average Bonchev–Trinajstić information content (AvgIpc) is 2.55. The highest BCUT2D eigenvalue weighted by Gasteiger charge is 2.14. The van der Waals surface area contributed by atoms with Gasteiger partial charge in [-0.05, 0) is 38.4 Å². The molecule has 0 bridgehead atoms. The molecule has 3 rings (SSSR count). The van der Waals surface area contributed by atoms with Gasteiger partial charge >= 0.3 is 0 Å². The summed E-state index contributed by atoms with van der Waals surface area (Å²) in [5.41, 5.74) is 1.86. The molecule has 0 aliphatic carbocycles. The fourth-order valence-electron chi connectivity index (χ4n) is 3.29. The fourth-order valence-corrected chi connectivity index (χ4v) is 3.29. The third-order valence-electron chi connectivity index (χ3n) is 4.50. The maximum atomic E-state index is 14.0. The Morgan fingerprint density at radius 1 is 1.18 bits per heavy atom. The number of nitrogens with zero attached hydrogens (tertiary/aromatic N) is 3. The van der Waals surface area contributed by atoms with Gasteiger partial charge in [-0.3, -0.25) is 9.78 Å². The Bertz CT molecular complexity index is 720. The van der Waals surface area contributed by atoms with Crippen LogP contribution in [0.1, 0.15) is 31.7 Å². The van der Waals surface area contributed by atoms with Gasteiger partial charge in [0.05, 0.1) is 17.2 Å². The second kappa shape index (κ2) is 6.57. The number of hydrogen-bond acceptors (Lipinski definition) is 3. The molecule has 118 valence electrons. The number of fused-ring (bicyclic) bond motifs is 1. The van der Waals surface area contributed by atoms with Gasteiger partial charge < -0.3 is 9.47 Å². The van der Waals surface area contributed by atoms with Crippen LogP contribution in [0.15, 0.2) is 23.1 Å². The largest absolute Gasteiger partial charge is 0.305 e. The first kappa shape index (κ1) is 15.2. The summed E-state index contributed by atoms with van der Waals surface area (Å²) in [6.07, 6.45) is 5.54. The van der Waals surface area contributed by atoms with Crippen LogP contribution in [0, 0.1) is 5.82 Å². The van der Waals surface area contributed by atoms with Gasteiger partial charge in [-0.2, -0.15) is 0 Å². The molecule has 3 heterocycles. The molecule has 0 unspecified atom stereocenters. The number of likely N-dealkylation sites (tertiary alicyclic amines) is 1. The van der Waals surface area contributed by atoms with E-state index in [4.69, 9.17) is 0 Å². The molecule has 1 saturated heterocycles. The number of aryl methyl sites for hydroxylation is 1. The Labute approximate surface area is 129 Å². The minimum absolute atomic E-state index is 0.0772. The molecule has 4 nitrogen and oxygen atoms in total. The summed E-state index contributed by atoms with van der Waals surface area (Å²) >= 11 is 0. The van der Waals surface area contributed by atoms with Crippen molar-refractivity contribution in [3.8, 4) is 0 Å². The van der Waals surface area contributed by atoms with Gasteiger partial charge in [0, 0.05) is 24.7 Å². The molecule has 0 radical (unpaired) electrons. The smallest absolute Gasteiger partial charge is 0.251 e. The normalized spacial score (nSPS) is 16.3. The van der Waals surface area contributed by atoms with E-state index < -0.39 is 0 Å². The van der Waals surface area contributed by atoms with Gasteiger partial charge in [-0.15, -0.1) is 0 Å². The SMILES string of the molecule is CCc1c(F)cnc2ccc(=O)n(CCN3CCCCC3)c12. The third kappa shape index (κ3) is 2.90. The molecule has 5 heteroatoms. The van der Waals surface area contributed by atoms with E-state index >= 15 is 0 Å². The van der Waals surface area contributed by atoms with Gasteiger partial charge in [0.2, 0.25) is 0 Å². The van der Waals surface area contributed by atoms with E-state index in [1.807, 2.05) is 6.92 Å². The second-order valence-corrected chi connectivity index (χ2v) is 5.90. The van der Waals surface area contributed by atoms with E-state index in [2.05, 4.69) is 9.88 Å². The molecule has 0 N–H and O–H groups in total. The summed E-state index contributed by atoms with van der Waals surface area (Å²) in [6.45, 7) is 5.51. The van der Waals surface area contributed by atoms with Gasteiger partial charge in [0.1, 0.15) is 5.82 Å². The molecular weight excluding hydrogens is 281 g/mol. The van der Waals surface area contributed by atoms with Crippen LogP contribution in [0.3, 0.4) is 0 Å². The Hall–Kier alpha value is -1.75. The number of piperidine rings is 1. The quantitative estimate of drug-likeness (QED) is 0.871. The van der Waals surface area contributed by atoms with Crippen molar-refractivity contribution in [2.75, 3.05) is 19.6 Å². The standard InChI is InChI=1S/C17H22FN3O/c1-2-13-14(18)12-19-15-6-7-16(22)21(17(13)15)11-10-20-8-4-3-5-9-20/h6-7,12H,2-5,8-11H2,1H3. The lowest BCUT2D eigenvalue weighted by molar-refractivity contribution is 0.221. The first-order valence-corrected chi connectivity index (χ1v) is 8.10. The number of hydrogen-bond donors (Lipinski definition) is 0. The van der Waals surface area contributed by atoms with Crippen LogP contribution in [0.2, 0.25) is 0 Å². The zero-order valence-corrected chi connectivity index (χ0v) is 13.0. The van der Waals surface area contributed by atoms with Crippen LogP contribution in [0.5, 0.6) is 0 Å². The maximum Gasteiger partial charge on any atom is 0.251 e. The van der Waals surface area contributed by atoms with Crippen molar-refractivity contribution >= 4 is 11.0 Å². The predicted octanol–water partition coefficient (Wildman–Crippen LogP) is 2.58. The molecule has 0 aromatic carbocycles. The topological polar surface area (TPSA) is 38.1 Å². The highest BCUT2D eigenvalue weighted by Crippen LogP contribution is 2.19. The Morgan fingerprint density at radius 2 is 1.95 bits per heavy atom. The van der Waals surface area contributed by atoms with Crippen LogP contribution in [-0.4, -0.2) is 34.1 Å².